The molecule has 32 heavy (non-hydrogen) atoms. The van der Waals surface area contributed by atoms with E-state index in [1.54, 1.807) is 18.1 Å². The number of carbonyl (C=O) groups is 1. The Morgan fingerprint density at radius 2 is 1.88 bits per heavy atom. The first-order valence-electron chi connectivity index (χ1n) is 11.2. The van der Waals surface area contributed by atoms with E-state index in [9.17, 15) is 9.59 Å². The van der Waals surface area contributed by atoms with Gasteiger partial charge in [-0.2, -0.15) is 0 Å². The van der Waals surface area contributed by atoms with Crippen molar-refractivity contribution in [3.05, 3.63) is 75.1 Å². The second-order valence-corrected chi connectivity index (χ2v) is 8.23. The van der Waals surface area contributed by atoms with Crippen LogP contribution in [0.4, 0.5) is 0 Å². The van der Waals surface area contributed by atoms with Crippen molar-refractivity contribution in [2.75, 3.05) is 33.3 Å². The number of methoxy groups -OCH3 is 1. The Kier molecular flexibility index (Phi) is 6.33. The fourth-order valence-corrected chi connectivity index (χ4v) is 4.53. The summed E-state index contributed by atoms with van der Waals surface area (Å²) in [5, 5.41) is 0.509. The number of fused-ring (bicyclic) bond motifs is 2. The van der Waals surface area contributed by atoms with E-state index in [0.717, 1.165) is 37.2 Å². The molecule has 168 valence electrons. The number of rotatable bonds is 8. The van der Waals surface area contributed by atoms with E-state index >= 15 is 0 Å². The monoisotopic (exact) mass is 434 g/mol. The molecule has 1 aromatic heterocycles. The number of hydrogen-bond acceptors (Lipinski definition) is 5. The van der Waals surface area contributed by atoms with Crippen molar-refractivity contribution in [2.24, 2.45) is 0 Å². The van der Waals surface area contributed by atoms with E-state index < -0.39 is 6.04 Å². The van der Waals surface area contributed by atoms with Gasteiger partial charge in [0.05, 0.1) is 24.1 Å². The fraction of sp³-hybridized carbons (Fsp3) is 0.385. The van der Waals surface area contributed by atoms with Gasteiger partial charge in [-0.05, 0) is 62.8 Å². The van der Waals surface area contributed by atoms with Crippen LogP contribution < -0.4 is 10.2 Å². The third-order valence-electron chi connectivity index (χ3n) is 6.30. The molecule has 1 amide bonds. The molecule has 0 fully saturated rings. The predicted octanol–water partition coefficient (Wildman–Crippen LogP) is 4.39. The number of hydrogen-bond donors (Lipinski definition) is 0. The molecule has 2 heterocycles. The summed E-state index contributed by atoms with van der Waals surface area (Å²) in [5.41, 5.74) is 2.55. The lowest BCUT2D eigenvalue weighted by molar-refractivity contribution is 0.0720. The van der Waals surface area contributed by atoms with Gasteiger partial charge in [-0.25, -0.2) is 0 Å². The van der Waals surface area contributed by atoms with Gasteiger partial charge in [0.1, 0.15) is 11.3 Å². The molecule has 6 nitrogen and oxygen atoms in total. The summed E-state index contributed by atoms with van der Waals surface area (Å²) in [6.45, 7) is 9.57. The quantitative estimate of drug-likeness (QED) is 0.526. The van der Waals surface area contributed by atoms with Gasteiger partial charge in [0.15, 0.2) is 5.43 Å². The summed E-state index contributed by atoms with van der Waals surface area (Å²) in [6.07, 6.45) is 0.814. The number of amides is 1. The van der Waals surface area contributed by atoms with Crippen molar-refractivity contribution in [3.8, 4) is 5.75 Å². The molecule has 1 atom stereocenters. The van der Waals surface area contributed by atoms with Crippen LogP contribution >= 0.6 is 0 Å². The van der Waals surface area contributed by atoms with E-state index in [-0.39, 0.29) is 17.1 Å². The zero-order valence-corrected chi connectivity index (χ0v) is 19.2. The Morgan fingerprint density at radius 1 is 1.09 bits per heavy atom. The van der Waals surface area contributed by atoms with Crippen LogP contribution in [0.3, 0.4) is 0 Å². The van der Waals surface area contributed by atoms with Crippen LogP contribution in [0.2, 0.25) is 0 Å². The lowest BCUT2D eigenvalue weighted by atomic mass is 9.98. The maximum Gasteiger partial charge on any atom is 0.290 e. The maximum absolute atomic E-state index is 13.6. The molecule has 1 aliphatic heterocycles. The summed E-state index contributed by atoms with van der Waals surface area (Å²) in [4.78, 5) is 31.2. The normalized spacial score (nSPS) is 15.6. The zero-order chi connectivity index (χ0) is 22.8. The topological polar surface area (TPSA) is 63.0 Å². The second-order valence-electron chi connectivity index (χ2n) is 8.23. The van der Waals surface area contributed by atoms with Crippen molar-refractivity contribution in [1.29, 1.82) is 0 Å². The summed E-state index contributed by atoms with van der Waals surface area (Å²) in [5.74, 6) is 0.612. The molecule has 0 N–H and O–H groups in total. The van der Waals surface area contributed by atoms with Crippen LogP contribution in [-0.4, -0.2) is 49.0 Å². The zero-order valence-electron chi connectivity index (χ0n) is 19.2. The van der Waals surface area contributed by atoms with Crippen LogP contribution in [0.5, 0.6) is 5.75 Å². The highest BCUT2D eigenvalue weighted by atomic mass is 16.5. The third kappa shape index (κ3) is 3.91. The Balaban J connectivity index is 1.82. The van der Waals surface area contributed by atoms with E-state index in [2.05, 4.69) is 18.7 Å². The molecule has 0 aliphatic carbocycles. The standard InChI is InChI=1S/C26H30N2O4/c1-5-27(6-2)13-8-14-28-23(18-9-7-10-19(16-18)31-4)22-24(29)20-15-17(3)11-12-21(20)32-25(22)26(28)30/h7,9-12,15-16,23H,5-6,8,13-14H2,1-4H3/t23-/m0/s1. The summed E-state index contributed by atoms with van der Waals surface area (Å²) in [6, 6.07) is 12.6. The minimum atomic E-state index is -0.495. The Hall–Kier alpha value is -3.12. The Labute approximate surface area is 188 Å². The number of ether oxygens (including phenoxy) is 1. The van der Waals surface area contributed by atoms with Crippen LogP contribution in [0.15, 0.2) is 51.7 Å². The minimum absolute atomic E-state index is 0.141. The molecular formula is C26H30N2O4. The highest BCUT2D eigenvalue weighted by Crippen LogP contribution is 2.39. The molecule has 1 aliphatic rings. The molecule has 0 bridgehead atoms. The first-order valence-corrected chi connectivity index (χ1v) is 11.2. The lowest BCUT2D eigenvalue weighted by Gasteiger charge is -2.27. The van der Waals surface area contributed by atoms with Gasteiger partial charge >= 0.3 is 0 Å². The number of benzene rings is 2. The molecule has 0 spiro atoms. The van der Waals surface area contributed by atoms with Crippen molar-refractivity contribution in [1.82, 2.24) is 9.80 Å². The molecule has 4 rings (SSSR count). The van der Waals surface area contributed by atoms with Gasteiger partial charge in [0, 0.05) is 6.54 Å². The van der Waals surface area contributed by atoms with Gasteiger partial charge in [-0.3, -0.25) is 9.59 Å². The third-order valence-corrected chi connectivity index (χ3v) is 6.30. The average molecular weight is 435 g/mol. The number of carbonyl (C=O) groups excluding carboxylic acids is 1. The van der Waals surface area contributed by atoms with Crippen molar-refractivity contribution in [2.45, 2.75) is 33.2 Å². The van der Waals surface area contributed by atoms with E-state index in [4.69, 9.17) is 9.15 Å². The first kappa shape index (κ1) is 22.1. The van der Waals surface area contributed by atoms with Crippen molar-refractivity contribution < 1.29 is 13.9 Å². The fourth-order valence-electron chi connectivity index (χ4n) is 4.53. The highest BCUT2D eigenvalue weighted by Gasteiger charge is 2.42. The molecule has 0 unspecified atom stereocenters. The lowest BCUT2D eigenvalue weighted by Crippen LogP contribution is -2.33. The van der Waals surface area contributed by atoms with Crippen LogP contribution in [0, 0.1) is 6.92 Å². The highest BCUT2D eigenvalue weighted by molar-refractivity contribution is 5.99. The maximum atomic E-state index is 13.6. The summed E-state index contributed by atoms with van der Waals surface area (Å²) < 4.78 is 11.4. The summed E-state index contributed by atoms with van der Waals surface area (Å²) >= 11 is 0. The second kappa shape index (κ2) is 9.17. The SMILES string of the molecule is CCN(CC)CCCN1C(=O)c2oc3ccc(C)cc3c(=O)c2[C@@H]1c1cccc(OC)c1. The Bertz CT molecular complexity index is 1200. The molecule has 0 saturated heterocycles. The molecule has 3 aromatic rings. The molecule has 0 saturated carbocycles. The van der Waals surface area contributed by atoms with Gasteiger partial charge in [-0.15, -0.1) is 0 Å². The molecule has 6 heteroatoms. The number of nitrogens with zero attached hydrogens (tertiary/aromatic N) is 2. The van der Waals surface area contributed by atoms with Crippen molar-refractivity contribution in [3.63, 3.8) is 0 Å². The largest absolute Gasteiger partial charge is 0.497 e. The van der Waals surface area contributed by atoms with Crippen molar-refractivity contribution >= 4 is 16.9 Å². The molecule has 0 radical (unpaired) electrons. The van der Waals surface area contributed by atoms with E-state index in [0.29, 0.717) is 28.8 Å². The first-order chi connectivity index (χ1) is 15.5. The van der Waals surface area contributed by atoms with E-state index in [1.807, 2.05) is 43.3 Å². The molecular weight excluding hydrogens is 404 g/mol. The predicted molar refractivity (Wildman–Crippen MR) is 125 cm³/mol. The smallest absolute Gasteiger partial charge is 0.290 e. The van der Waals surface area contributed by atoms with Crippen LogP contribution in [0.1, 0.15) is 53.6 Å². The van der Waals surface area contributed by atoms with Gasteiger partial charge in [0.25, 0.3) is 5.91 Å². The number of aryl methyl sites for hydroxylation is 1. The van der Waals surface area contributed by atoms with Gasteiger partial charge in [0.2, 0.25) is 5.76 Å². The van der Waals surface area contributed by atoms with Crippen LogP contribution in [0.25, 0.3) is 11.0 Å². The van der Waals surface area contributed by atoms with Gasteiger partial charge in [-0.1, -0.05) is 37.6 Å². The molecule has 2 aromatic carbocycles. The van der Waals surface area contributed by atoms with E-state index in [1.165, 1.54) is 0 Å². The van der Waals surface area contributed by atoms with Gasteiger partial charge < -0.3 is 19.0 Å². The summed E-state index contributed by atoms with van der Waals surface area (Å²) in [7, 11) is 1.61. The van der Waals surface area contributed by atoms with Crippen LogP contribution in [-0.2, 0) is 0 Å². The minimum Gasteiger partial charge on any atom is -0.497 e. The Morgan fingerprint density at radius 3 is 2.59 bits per heavy atom. The average Bonchev–Trinajstić information content (AvgIpc) is 3.09.